The number of benzene rings is 2. The molecular weight excluding hydrogens is 350 g/mol. The minimum Gasteiger partial charge on any atom is -0.370 e. The third-order valence-electron chi connectivity index (χ3n) is 4.79. The van der Waals surface area contributed by atoms with Crippen molar-refractivity contribution < 1.29 is 13.2 Å². The lowest BCUT2D eigenvalue weighted by molar-refractivity contribution is -0.118. The van der Waals surface area contributed by atoms with E-state index in [-0.39, 0.29) is 17.3 Å². The molecule has 1 aliphatic rings. The van der Waals surface area contributed by atoms with E-state index in [4.69, 9.17) is 11.5 Å². The molecule has 0 saturated heterocycles. The number of hydrogen-bond donors (Lipinski definition) is 2. The van der Waals surface area contributed by atoms with E-state index in [9.17, 15) is 13.2 Å². The van der Waals surface area contributed by atoms with Crippen LogP contribution in [0.5, 0.6) is 0 Å². The number of fused-ring (bicyclic) bond motifs is 1. The zero-order valence-corrected chi connectivity index (χ0v) is 15.1. The van der Waals surface area contributed by atoms with E-state index in [2.05, 4.69) is 4.99 Å². The maximum absolute atomic E-state index is 13.6. The number of aryl methyl sites for hydroxylation is 1. The zero-order valence-electron chi connectivity index (χ0n) is 14.3. The Morgan fingerprint density at radius 1 is 1.04 bits per heavy atom. The second kappa shape index (κ2) is 6.92. The van der Waals surface area contributed by atoms with E-state index >= 15 is 0 Å². The summed E-state index contributed by atoms with van der Waals surface area (Å²) in [5.74, 6) is -1.01. The van der Waals surface area contributed by atoms with Gasteiger partial charge in [0.2, 0.25) is 0 Å². The summed E-state index contributed by atoms with van der Waals surface area (Å²) in [4.78, 5) is 16.2. The molecule has 136 valence electrons. The largest absolute Gasteiger partial charge is 0.370 e. The number of carbonyl (C=O) groups is 1. The smallest absolute Gasteiger partial charge is 0.250 e. The van der Waals surface area contributed by atoms with Gasteiger partial charge in [0, 0.05) is 0 Å². The van der Waals surface area contributed by atoms with Crippen LogP contribution in [0.2, 0.25) is 0 Å². The lowest BCUT2D eigenvalue weighted by Gasteiger charge is -2.37. The molecule has 0 spiro atoms. The maximum Gasteiger partial charge on any atom is 0.250 e. The van der Waals surface area contributed by atoms with Crippen LogP contribution in [0.15, 0.2) is 64.5 Å². The van der Waals surface area contributed by atoms with Crippen molar-refractivity contribution in [3.8, 4) is 0 Å². The number of sulfone groups is 1. The highest BCUT2D eigenvalue weighted by Gasteiger charge is 2.49. The van der Waals surface area contributed by atoms with Gasteiger partial charge in [0.15, 0.2) is 15.8 Å². The molecule has 3 rings (SSSR count). The summed E-state index contributed by atoms with van der Waals surface area (Å²) in [6.07, 6.45) is 1.49. The molecule has 1 atom stereocenters. The minimum atomic E-state index is -3.84. The Balaban J connectivity index is 2.22. The van der Waals surface area contributed by atoms with Gasteiger partial charge in [-0.1, -0.05) is 42.5 Å². The number of aliphatic imine (C=N–C) groups is 1. The fourth-order valence-electron chi connectivity index (χ4n) is 3.69. The molecule has 7 heteroatoms. The first-order valence-electron chi connectivity index (χ1n) is 8.37. The Morgan fingerprint density at radius 3 is 2.38 bits per heavy atom. The van der Waals surface area contributed by atoms with Gasteiger partial charge in [0.1, 0.15) is 4.75 Å². The van der Waals surface area contributed by atoms with Crippen molar-refractivity contribution in [1.82, 2.24) is 0 Å². The Hall–Kier alpha value is -2.67. The van der Waals surface area contributed by atoms with E-state index in [1.807, 2.05) is 12.1 Å². The van der Waals surface area contributed by atoms with E-state index < -0.39 is 20.5 Å². The van der Waals surface area contributed by atoms with Crippen LogP contribution in [0, 0.1) is 0 Å². The lowest BCUT2D eigenvalue weighted by atomic mass is 9.80. The monoisotopic (exact) mass is 371 g/mol. The number of nitrogens with zero attached hydrogens (tertiary/aromatic N) is 1. The van der Waals surface area contributed by atoms with Crippen LogP contribution in [0.3, 0.4) is 0 Å². The molecule has 2 aromatic rings. The number of hydrogen-bond acceptors (Lipinski definition) is 3. The standard InChI is InChI=1S/C19H21N3O3S/c20-18(21)22-17(23)13-19(26(24,25)15-9-2-1-3-10-15)12-6-8-14-7-4-5-11-16(14)19/h1-5,7,9-11H,6,8,12-13H2,(H4,20,21,22,23). The highest BCUT2D eigenvalue weighted by atomic mass is 32.2. The van der Waals surface area contributed by atoms with Crippen LogP contribution < -0.4 is 11.5 Å². The van der Waals surface area contributed by atoms with Crippen LogP contribution >= 0.6 is 0 Å². The summed E-state index contributed by atoms with van der Waals surface area (Å²) in [7, 11) is -3.84. The van der Waals surface area contributed by atoms with Crippen molar-refractivity contribution in [2.75, 3.05) is 0 Å². The lowest BCUT2D eigenvalue weighted by Crippen LogP contribution is -2.41. The second-order valence-corrected chi connectivity index (χ2v) is 8.69. The van der Waals surface area contributed by atoms with E-state index in [0.717, 1.165) is 12.0 Å². The molecule has 2 aromatic carbocycles. The first kappa shape index (κ1) is 18.1. The number of guanidine groups is 1. The van der Waals surface area contributed by atoms with Crippen molar-refractivity contribution in [3.05, 3.63) is 65.7 Å². The highest BCUT2D eigenvalue weighted by Crippen LogP contribution is 2.47. The zero-order chi connectivity index (χ0) is 18.8. The van der Waals surface area contributed by atoms with Crippen molar-refractivity contribution in [2.24, 2.45) is 16.5 Å². The summed E-state index contributed by atoms with van der Waals surface area (Å²) < 4.78 is 25.9. The van der Waals surface area contributed by atoms with Gasteiger partial charge in [-0.2, -0.15) is 4.99 Å². The molecule has 4 N–H and O–H groups in total. The van der Waals surface area contributed by atoms with Gasteiger partial charge in [-0.25, -0.2) is 8.42 Å². The van der Waals surface area contributed by atoms with Gasteiger partial charge in [-0.05, 0) is 42.5 Å². The maximum atomic E-state index is 13.6. The summed E-state index contributed by atoms with van der Waals surface area (Å²) in [6.45, 7) is 0. The Kier molecular flexibility index (Phi) is 4.82. The summed E-state index contributed by atoms with van der Waals surface area (Å²) >= 11 is 0. The van der Waals surface area contributed by atoms with Crippen molar-refractivity contribution in [3.63, 3.8) is 0 Å². The minimum absolute atomic E-state index is 0.189. The Morgan fingerprint density at radius 2 is 1.69 bits per heavy atom. The van der Waals surface area contributed by atoms with Crippen LogP contribution in [0.25, 0.3) is 0 Å². The van der Waals surface area contributed by atoms with Gasteiger partial charge in [-0.15, -0.1) is 0 Å². The van der Waals surface area contributed by atoms with E-state index in [0.29, 0.717) is 18.4 Å². The molecular formula is C19H21N3O3S. The van der Waals surface area contributed by atoms with E-state index in [1.54, 1.807) is 42.5 Å². The predicted octanol–water partition coefficient (Wildman–Crippen LogP) is 1.88. The van der Waals surface area contributed by atoms with Gasteiger partial charge < -0.3 is 11.5 Å². The third kappa shape index (κ3) is 3.10. The van der Waals surface area contributed by atoms with Gasteiger partial charge in [0.05, 0.1) is 11.3 Å². The van der Waals surface area contributed by atoms with Gasteiger partial charge in [-0.3, -0.25) is 4.79 Å². The molecule has 0 saturated carbocycles. The summed E-state index contributed by atoms with van der Waals surface area (Å²) in [5, 5.41) is 0. The molecule has 1 amide bonds. The quantitative estimate of drug-likeness (QED) is 0.629. The van der Waals surface area contributed by atoms with Gasteiger partial charge >= 0.3 is 0 Å². The van der Waals surface area contributed by atoms with Gasteiger partial charge in [0.25, 0.3) is 5.91 Å². The molecule has 0 aromatic heterocycles. The average molecular weight is 371 g/mol. The first-order chi connectivity index (χ1) is 12.4. The molecule has 0 radical (unpaired) electrons. The molecule has 1 aliphatic carbocycles. The number of amides is 1. The van der Waals surface area contributed by atoms with Crippen LogP contribution in [-0.4, -0.2) is 20.3 Å². The van der Waals surface area contributed by atoms with Crippen molar-refractivity contribution >= 4 is 21.7 Å². The third-order valence-corrected chi connectivity index (χ3v) is 7.28. The first-order valence-corrected chi connectivity index (χ1v) is 9.86. The molecule has 1 unspecified atom stereocenters. The van der Waals surface area contributed by atoms with E-state index in [1.165, 1.54) is 0 Å². The molecule has 0 fully saturated rings. The molecule has 26 heavy (non-hydrogen) atoms. The summed E-state index contributed by atoms with van der Waals surface area (Å²) in [5.41, 5.74) is 12.2. The number of nitrogens with two attached hydrogens (primary N) is 2. The molecule has 0 heterocycles. The molecule has 0 bridgehead atoms. The summed E-state index contributed by atoms with van der Waals surface area (Å²) in [6, 6.07) is 15.6. The number of rotatable bonds is 4. The fourth-order valence-corrected chi connectivity index (χ4v) is 5.87. The average Bonchev–Trinajstić information content (AvgIpc) is 2.62. The Labute approximate surface area is 152 Å². The molecule has 6 nitrogen and oxygen atoms in total. The van der Waals surface area contributed by atoms with Crippen molar-refractivity contribution in [2.45, 2.75) is 35.3 Å². The fraction of sp³-hybridized carbons (Fsp3) is 0.263. The number of carbonyl (C=O) groups excluding carboxylic acids is 1. The highest BCUT2D eigenvalue weighted by molar-refractivity contribution is 7.92. The molecule has 0 aliphatic heterocycles. The van der Waals surface area contributed by atoms with Crippen LogP contribution in [0.4, 0.5) is 0 Å². The second-order valence-electron chi connectivity index (χ2n) is 6.43. The van der Waals surface area contributed by atoms with Crippen molar-refractivity contribution in [1.29, 1.82) is 0 Å². The van der Waals surface area contributed by atoms with Crippen LogP contribution in [-0.2, 0) is 25.8 Å². The topological polar surface area (TPSA) is 116 Å². The SMILES string of the molecule is NC(N)=NC(=O)CC1(S(=O)(=O)c2ccccc2)CCCc2ccccc21. The Bertz CT molecular complexity index is 951. The predicted molar refractivity (Wildman–Crippen MR) is 100 cm³/mol. The van der Waals surface area contributed by atoms with Crippen LogP contribution in [0.1, 0.15) is 30.4 Å². The normalized spacial score (nSPS) is 19.4.